The number of hydrogen-bond donors (Lipinski definition) is 0. The Morgan fingerprint density at radius 1 is 0.313 bits per heavy atom. The van der Waals surface area contributed by atoms with Gasteiger partial charge in [-0.05, 0) is 122 Å². The Morgan fingerprint density at radius 2 is 0.582 bits per heavy atom. The van der Waals surface area contributed by atoms with Crippen LogP contribution in [0.1, 0.15) is 226 Å². The first-order valence-electron chi connectivity index (χ1n) is 27.0. The predicted molar refractivity (Wildman–Crippen MR) is 288 cm³/mol. The molecule has 0 spiro atoms. The maximum Gasteiger partial charge on any atom is 0.306 e. The fourth-order valence-electron chi connectivity index (χ4n) is 6.93. The van der Waals surface area contributed by atoms with Crippen molar-refractivity contribution in [2.75, 3.05) is 13.2 Å². The van der Waals surface area contributed by atoms with E-state index < -0.39 is 6.10 Å². The van der Waals surface area contributed by atoms with Gasteiger partial charge in [0.05, 0.1) is 0 Å². The van der Waals surface area contributed by atoms with Gasteiger partial charge >= 0.3 is 17.9 Å². The molecule has 0 saturated heterocycles. The molecule has 0 aliphatic heterocycles. The molecule has 1 atom stereocenters. The van der Waals surface area contributed by atoms with Crippen LogP contribution in [0.5, 0.6) is 0 Å². The van der Waals surface area contributed by atoms with Crippen LogP contribution in [0, 0.1) is 0 Å². The fourth-order valence-corrected chi connectivity index (χ4v) is 6.93. The summed E-state index contributed by atoms with van der Waals surface area (Å²) in [6.45, 7) is 6.29. The monoisotopic (exact) mass is 927 g/mol. The van der Waals surface area contributed by atoms with E-state index in [1.54, 1.807) is 0 Å². The van der Waals surface area contributed by atoms with E-state index in [0.29, 0.717) is 12.8 Å². The van der Waals surface area contributed by atoms with Crippen molar-refractivity contribution in [1.29, 1.82) is 0 Å². The Bertz CT molecular complexity index is 1440. The minimum absolute atomic E-state index is 0.104. The average molecular weight is 927 g/mol. The normalized spacial score (nSPS) is 13.1. The second-order valence-corrected chi connectivity index (χ2v) is 17.4. The molecule has 0 aliphatic carbocycles. The summed E-state index contributed by atoms with van der Waals surface area (Å²) in [5, 5.41) is 0. The predicted octanol–water partition coefficient (Wildman–Crippen LogP) is 18.1. The van der Waals surface area contributed by atoms with E-state index in [0.717, 1.165) is 167 Å². The van der Waals surface area contributed by atoms with Crippen molar-refractivity contribution >= 4 is 17.9 Å². The van der Waals surface area contributed by atoms with E-state index in [-0.39, 0.29) is 37.5 Å². The van der Waals surface area contributed by atoms with Crippen LogP contribution in [0.3, 0.4) is 0 Å². The zero-order valence-electron chi connectivity index (χ0n) is 43.1. The molecule has 0 aromatic carbocycles. The summed E-state index contributed by atoms with van der Waals surface area (Å²) in [4.78, 5) is 38.1. The molecule has 0 radical (unpaired) electrons. The van der Waals surface area contributed by atoms with Crippen molar-refractivity contribution in [2.24, 2.45) is 0 Å². The van der Waals surface area contributed by atoms with Gasteiger partial charge in [-0.25, -0.2) is 0 Å². The number of unbranched alkanes of at least 4 members (excludes halogenated alkanes) is 16. The highest BCUT2D eigenvalue weighted by atomic mass is 16.6. The molecule has 67 heavy (non-hydrogen) atoms. The van der Waals surface area contributed by atoms with Gasteiger partial charge in [-0.3, -0.25) is 14.4 Å². The second-order valence-electron chi connectivity index (χ2n) is 17.4. The minimum Gasteiger partial charge on any atom is -0.462 e. The molecule has 0 amide bonds. The molecule has 1 unspecified atom stereocenters. The first kappa shape index (κ1) is 62.8. The molecule has 0 N–H and O–H groups in total. The number of carbonyl (C=O) groups excluding carboxylic acids is 3. The summed E-state index contributed by atoms with van der Waals surface area (Å²) in [7, 11) is 0. The zero-order chi connectivity index (χ0) is 48.6. The SMILES string of the molecule is CC/C=C\C/C=C\C/C=C\C/C=C\CCCCCCCCC(=O)OCC(COC(=O)CCCCCCC/C=C\C/C=C\CCC)OC(=O)CCCCCC/C=C\C/C=C\C/C=C\C/C=C\CC. The maximum absolute atomic E-state index is 12.8. The Labute approximate surface area is 412 Å². The molecule has 378 valence electrons. The summed E-state index contributed by atoms with van der Waals surface area (Å²) >= 11 is 0. The summed E-state index contributed by atoms with van der Waals surface area (Å²) in [5.41, 5.74) is 0. The van der Waals surface area contributed by atoms with E-state index in [4.69, 9.17) is 14.2 Å². The van der Waals surface area contributed by atoms with Crippen molar-refractivity contribution in [3.63, 3.8) is 0 Å². The Balaban J connectivity index is 4.48. The Morgan fingerprint density at radius 3 is 0.910 bits per heavy atom. The molecule has 6 nitrogen and oxygen atoms in total. The highest BCUT2D eigenvalue weighted by Crippen LogP contribution is 2.13. The van der Waals surface area contributed by atoms with Crippen molar-refractivity contribution in [2.45, 2.75) is 232 Å². The number of ether oxygens (including phenoxy) is 3. The van der Waals surface area contributed by atoms with Gasteiger partial charge in [0.25, 0.3) is 0 Å². The molecule has 0 aromatic rings. The Kier molecular flexibility index (Phi) is 51.0. The maximum atomic E-state index is 12.8. The number of rotatable bonds is 47. The highest BCUT2D eigenvalue weighted by molar-refractivity contribution is 5.71. The average Bonchev–Trinajstić information content (AvgIpc) is 3.33. The molecule has 0 saturated carbocycles. The van der Waals surface area contributed by atoms with Crippen LogP contribution in [0.15, 0.2) is 122 Å². The highest BCUT2D eigenvalue weighted by Gasteiger charge is 2.19. The lowest BCUT2D eigenvalue weighted by Crippen LogP contribution is -2.30. The third-order valence-corrected chi connectivity index (χ3v) is 10.9. The van der Waals surface area contributed by atoms with Crippen LogP contribution in [-0.2, 0) is 28.6 Å². The molecular formula is C61H98O6. The summed E-state index contributed by atoms with van der Waals surface area (Å²) in [6.07, 6.45) is 74.6. The first-order valence-corrected chi connectivity index (χ1v) is 27.0. The number of hydrogen-bond acceptors (Lipinski definition) is 6. The van der Waals surface area contributed by atoms with E-state index >= 15 is 0 Å². The Hall–Kier alpha value is -4.19. The summed E-state index contributed by atoms with van der Waals surface area (Å²) < 4.78 is 16.8. The molecular weight excluding hydrogens is 829 g/mol. The first-order chi connectivity index (χ1) is 33.0. The third kappa shape index (κ3) is 52.6. The quantitative estimate of drug-likeness (QED) is 0.0262. The molecule has 0 rings (SSSR count). The smallest absolute Gasteiger partial charge is 0.306 e. The van der Waals surface area contributed by atoms with Crippen molar-refractivity contribution < 1.29 is 28.6 Å². The lowest BCUT2D eigenvalue weighted by Gasteiger charge is -2.18. The van der Waals surface area contributed by atoms with Crippen LogP contribution in [0.4, 0.5) is 0 Å². The molecule has 6 heteroatoms. The van der Waals surface area contributed by atoms with Gasteiger partial charge in [-0.15, -0.1) is 0 Å². The van der Waals surface area contributed by atoms with Crippen LogP contribution in [-0.4, -0.2) is 37.2 Å². The van der Waals surface area contributed by atoms with Crippen LogP contribution in [0.25, 0.3) is 0 Å². The molecule has 0 fully saturated rings. The van der Waals surface area contributed by atoms with E-state index in [2.05, 4.69) is 142 Å². The molecule has 0 aliphatic rings. The van der Waals surface area contributed by atoms with Crippen molar-refractivity contribution in [1.82, 2.24) is 0 Å². The van der Waals surface area contributed by atoms with Crippen LogP contribution >= 0.6 is 0 Å². The van der Waals surface area contributed by atoms with Gasteiger partial charge in [0.2, 0.25) is 0 Å². The zero-order valence-corrected chi connectivity index (χ0v) is 43.1. The van der Waals surface area contributed by atoms with Crippen molar-refractivity contribution in [3.8, 4) is 0 Å². The van der Waals surface area contributed by atoms with Gasteiger partial charge < -0.3 is 14.2 Å². The number of allylic oxidation sites excluding steroid dienone is 20. The topological polar surface area (TPSA) is 78.9 Å². The largest absolute Gasteiger partial charge is 0.462 e. The third-order valence-electron chi connectivity index (χ3n) is 10.9. The standard InChI is InChI=1S/C61H98O6/c1-4-7-10-13-16-19-22-25-27-29-30-32-33-36-39-42-45-48-51-54-60(63)66-57-58(56-65-59(62)53-50-47-44-41-38-35-24-21-18-15-12-9-6-3)67-61(64)55-52-49-46-43-40-37-34-31-28-26-23-20-17-14-11-8-5-2/h7-8,10-12,15-17,19-21,24-28,30,32,34,37,58H,4-6,9,13-14,18,22-23,29,31,33,35-36,38-57H2,1-3H3/b10-7-,11-8-,15-12-,19-16-,20-17-,24-21-,27-25-,28-26-,32-30-,37-34-. The fraction of sp³-hybridized carbons (Fsp3) is 0.623. The second kappa shape index (κ2) is 54.4. The summed E-state index contributed by atoms with van der Waals surface area (Å²) in [5.74, 6) is -0.960. The number of carbonyl (C=O) groups is 3. The lowest BCUT2D eigenvalue weighted by atomic mass is 10.1. The lowest BCUT2D eigenvalue weighted by molar-refractivity contribution is -0.167. The minimum atomic E-state index is -0.807. The van der Waals surface area contributed by atoms with E-state index in [1.165, 1.54) is 19.3 Å². The molecule has 0 aromatic heterocycles. The molecule has 0 heterocycles. The van der Waals surface area contributed by atoms with Gasteiger partial charge in [0, 0.05) is 19.3 Å². The van der Waals surface area contributed by atoms with Crippen LogP contribution < -0.4 is 0 Å². The van der Waals surface area contributed by atoms with Gasteiger partial charge in [0.1, 0.15) is 13.2 Å². The van der Waals surface area contributed by atoms with E-state index in [9.17, 15) is 14.4 Å². The summed E-state index contributed by atoms with van der Waals surface area (Å²) in [6, 6.07) is 0. The van der Waals surface area contributed by atoms with E-state index in [1.807, 2.05) is 0 Å². The number of esters is 3. The molecule has 0 bridgehead atoms. The van der Waals surface area contributed by atoms with Crippen LogP contribution in [0.2, 0.25) is 0 Å². The van der Waals surface area contributed by atoms with Crippen molar-refractivity contribution in [3.05, 3.63) is 122 Å². The van der Waals surface area contributed by atoms with Gasteiger partial charge in [-0.1, -0.05) is 206 Å². The van der Waals surface area contributed by atoms with Gasteiger partial charge in [0.15, 0.2) is 6.10 Å². The van der Waals surface area contributed by atoms with Gasteiger partial charge in [-0.2, -0.15) is 0 Å².